The molecule has 0 fully saturated rings. The van der Waals surface area contributed by atoms with Crippen molar-refractivity contribution < 1.29 is 9.18 Å². The quantitative estimate of drug-likeness (QED) is 0.830. The first-order chi connectivity index (χ1) is 8.91. The van der Waals surface area contributed by atoms with Crippen LogP contribution in [0.1, 0.15) is 38.7 Å². The lowest BCUT2D eigenvalue weighted by Crippen LogP contribution is -2.22. The molecule has 1 aromatic rings. The molecule has 4 heteroatoms. The lowest BCUT2D eigenvalue weighted by molar-refractivity contribution is -0.119. The van der Waals surface area contributed by atoms with Crippen molar-refractivity contribution in [3.05, 3.63) is 29.6 Å². The Morgan fingerprint density at radius 3 is 2.63 bits per heavy atom. The third kappa shape index (κ3) is 4.99. The van der Waals surface area contributed by atoms with E-state index in [4.69, 9.17) is 5.73 Å². The number of halogens is 1. The van der Waals surface area contributed by atoms with Crippen molar-refractivity contribution >= 4 is 11.6 Å². The summed E-state index contributed by atoms with van der Waals surface area (Å²) in [5.74, 6) is -0.674. The number of benzene rings is 1. The Bertz CT molecular complexity index is 412. The molecule has 0 radical (unpaired) electrons. The van der Waals surface area contributed by atoms with Gasteiger partial charge < -0.3 is 11.1 Å². The average molecular weight is 266 g/mol. The lowest BCUT2D eigenvalue weighted by atomic mass is 10.0. The minimum absolute atomic E-state index is 0.141. The highest BCUT2D eigenvalue weighted by atomic mass is 19.1. The zero-order valence-electron chi connectivity index (χ0n) is 11.9. The summed E-state index contributed by atoms with van der Waals surface area (Å²) in [4.78, 5) is 12.0. The van der Waals surface area contributed by atoms with Gasteiger partial charge in [0.2, 0.25) is 5.91 Å². The van der Waals surface area contributed by atoms with Crippen molar-refractivity contribution in [3.8, 4) is 0 Å². The summed E-state index contributed by atoms with van der Waals surface area (Å²) in [7, 11) is 0. The SMILES string of the molecule is Cc1cccc(F)c1NC(=O)C(C)CCCC(C)N. The first-order valence-electron chi connectivity index (χ1n) is 6.73. The summed E-state index contributed by atoms with van der Waals surface area (Å²) in [6.07, 6.45) is 2.57. The third-order valence-electron chi connectivity index (χ3n) is 3.21. The molecule has 1 amide bonds. The van der Waals surface area contributed by atoms with Crippen molar-refractivity contribution in [2.45, 2.75) is 46.1 Å². The van der Waals surface area contributed by atoms with Crippen molar-refractivity contribution in [1.82, 2.24) is 0 Å². The van der Waals surface area contributed by atoms with Crippen LogP contribution in [0.4, 0.5) is 10.1 Å². The van der Waals surface area contributed by atoms with Gasteiger partial charge in [-0.3, -0.25) is 4.79 Å². The van der Waals surface area contributed by atoms with Crippen LogP contribution in [0.5, 0.6) is 0 Å². The molecular weight excluding hydrogens is 243 g/mol. The van der Waals surface area contributed by atoms with E-state index in [1.165, 1.54) is 6.07 Å². The van der Waals surface area contributed by atoms with Gasteiger partial charge in [-0.1, -0.05) is 25.5 Å². The van der Waals surface area contributed by atoms with E-state index >= 15 is 0 Å². The van der Waals surface area contributed by atoms with Crippen molar-refractivity contribution in [1.29, 1.82) is 0 Å². The molecular formula is C15H23FN2O. The third-order valence-corrected chi connectivity index (χ3v) is 3.21. The minimum atomic E-state index is -0.392. The Kier molecular flexibility index (Phi) is 5.96. The summed E-state index contributed by atoms with van der Waals surface area (Å²) < 4.78 is 13.6. The Morgan fingerprint density at radius 2 is 2.05 bits per heavy atom. The molecule has 0 saturated carbocycles. The highest BCUT2D eigenvalue weighted by Gasteiger charge is 2.15. The summed E-state index contributed by atoms with van der Waals surface area (Å²) >= 11 is 0. The summed E-state index contributed by atoms with van der Waals surface area (Å²) in [5.41, 5.74) is 6.68. The molecule has 1 rings (SSSR count). The van der Waals surface area contributed by atoms with Crippen LogP contribution >= 0.6 is 0 Å². The van der Waals surface area contributed by atoms with Crippen LogP contribution in [0.15, 0.2) is 18.2 Å². The molecule has 2 atom stereocenters. The molecule has 0 spiro atoms. The van der Waals surface area contributed by atoms with Crippen LogP contribution < -0.4 is 11.1 Å². The minimum Gasteiger partial charge on any atom is -0.328 e. The molecule has 0 heterocycles. The fraction of sp³-hybridized carbons (Fsp3) is 0.533. The molecule has 1 aromatic carbocycles. The van der Waals surface area contributed by atoms with Crippen LogP contribution in [0, 0.1) is 18.7 Å². The van der Waals surface area contributed by atoms with Crippen molar-refractivity contribution in [3.63, 3.8) is 0 Å². The largest absolute Gasteiger partial charge is 0.328 e. The number of carbonyl (C=O) groups is 1. The van der Waals surface area contributed by atoms with E-state index < -0.39 is 5.82 Å². The van der Waals surface area contributed by atoms with Gasteiger partial charge in [-0.25, -0.2) is 4.39 Å². The maximum Gasteiger partial charge on any atom is 0.227 e. The van der Waals surface area contributed by atoms with Gasteiger partial charge in [0.1, 0.15) is 5.82 Å². The first-order valence-corrected chi connectivity index (χ1v) is 6.73. The highest BCUT2D eigenvalue weighted by Crippen LogP contribution is 2.20. The number of amides is 1. The fourth-order valence-corrected chi connectivity index (χ4v) is 1.91. The van der Waals surface area contributed by atoms with Crippen molar-refractivity contribution in [2.24, 2.45) is 11.7 Å². The van der Waals surface area contributed by atoms with Gasteiger partial charge in [-0.2, -0.15) is 0 Å². The van der Waals surface area contributed by atoms with E-state index in [1.807, 2.05) is 13.8 Å². The number of anilines is 1. The average Bonchev–Trinajstić information content (AvgIpc) is 2.33. The van der Waals surface area contributed by atoms with E-state index in [-0.39, 0.29) is 23.6 Å². The number of para-hydroxylation sites is 1. The number of nitrogens with one attached hydrogen (secondary N) is 1. The molecule has 0 aliphatic carbocycles. The molecule has 3 nitrogen and oxygen atoms in total. The molecule has 0 aliphatic rings. The molecule has 0 saturated heterocycles. The number of aryl methyl sites for hydroxylation is 1. The predicted octanol–water partition coefficient (Wildman–Crippen LogP) is 3.23. The number of carbonyl (C=O) groups excluding carboxylic acids is 1. The normalized spacial score (nSPS) is 13.9. The smallest absolute Gasteiger partial charge is 0.227 e. The molecule has 0 aliphatic heterocycles. The summed E-state index contributed by atoms with van der Waals surface area (Å²) in [6, 6.07) is 4.92. The number of nitrogens with two attached hydrogens (primary N) is 1. The standard InChI is InChI=1S/C15H23FN2O/c1-10-6-5-9-13(16)14(10)18-15(19)11(2)7-4-8-12(3)17/h5-6,9,11-12H,4,7-8,17H2,1-3H3,(H,18,19). The van der Waals surface area contributed by atoms with Crippen LogP contribution in [0.3, 0.4) is 0 Å². The predicted molar refractivity (Wildman–Crippen MR) is 76.4 cm³/mol. The second-order valence-electron chi connectivity index (χ2n) is 5.23. The van der Waals surface area contributed by atoms with E-state index in [9.17, 15) is 9.18 Å². The first kappa shape index (κ1) is 15.6. The molecule has 3 N–H and O–H groups in total. The molecule has 0 bridgehead atoms. The van der Waals surface area contributed by atoms with Gasteiger partial charge in [0.15, 0.2) is 0 Å². The zero-order chi connectivity index (χ0) is 14.4. The Hall–Kier alpha value is -1.42. The maximum absolute atomic E-state index is 13.6. The van der Waals surface area contributed by atoms with E-state index in [0.717, 1.165) is 24.8 Å². The van der Waals surface area contributed by atoms with Crippen LogP contribution in [-0.4, -0.2) is 11.9 Å². The Balaban J connectivity index is 2.54. The zero-order valence-corrected chi connectivity index (χ0v) is 11.9. The van der Waals surface area contributed by atoms with Gasteiger partial charge in [0, 0.05) is 12.0 Å². The lowest BCUT2D eigenvalue weighted by Gasteiger charge is -2.14. The molecule has 19 heavy (non-hydrogen) atoms. The van der Waals surface area contributed by atoms with Gasteiger partial charge >= 0.3 is 0 Å². The monoisotopic (exact) mass is 266 g/mol. The topological polar surface area (TPSA) is 55.1 Å². The van der Waals surface area contributed by atoms with Crippen LogP contribution in [0.25, 0.3) is 0 Å². The van der Waals surface area contributed by atoms with E-state index in [1.54, 1.807) is 19.1 Å². The Labute approximate surface area is 114 Å². The van der Waals surface area contributed by atoms with Gasteiger partial charge in [0.25, 0.3) is 0 Å². The maximum atomic E-state index is 13.6. The molecule has 2 unspecified atom stereocenters. The van der Waals surface area contributed by atoms with E-state index in [0.29, 0.717) is 0 Å². The van der Waals surface area contributed by atoms with Crippen LogP contribution in [-0.2, 0) is 4.79 Å². The van der Waals surface area contributed by atoms with E-state index in [2.05, 4.69) is 5.32 Å². The Morgan fingerprint density at radius 1 is 1.37 bits per heavy atom. The summed E-state index contributed by atoms with van der Waals surface area (Å²) in [5, 5.41) is 2.67. The fourth-order valence-electron chi connectivity index (χ4n) is 1.91. The highest BCUT2D eigenvalue weighted by molar-refractivity contribution is 5.93. The second-order valence-corrected chi connectivity index (χ2v) is 5.23. The van der Waals surface area contributed by atoms with Crippen molar-refractivity contribution in [2.75, 3.05) is 5.32 Å². The molecule has 0 aromatic heterocycles. The second kappa shape index (κ2) is 7.24. The number of hydrogen-bond donors (Lipinski definition) is 2. The van der Waals surface area contributed by atoms with Crippen LogP contribution in [0.2, 0.25) is 0 Å². The molecule has 106 valence electrons. The number of rotatable bonds is 6. The van der Waals surface area contributed by atoms with Gasteiger partial charge in [-0.15, -0.1) is 0 Å². The van der Waals surface area contributed by atoms with Gasteiger partial charge in [0.05, 0.1) is 5.69 Å². The summed E-state index contributed by atoms with van der Waals surface area (Å²) in [6.45, 7) is 5.58. The van der Waals surface area contributed by atoms with Gasteiger partial charge in [-0.05, 0) is 38.3 Å². The number of hydrogen-bond acceptors (Lipinski definition) is 2.